The SMILES string of the molecule is CN(C)Cc1cncc(-c2ncc3c(c2F)C(c2nc4c(-c5cccs5)cncc4[nH]2)=CNN3)c1. The number of imidazole rings is 1. The molecular formula is C25H21FN8S. The number of aromatic amines is 1. The molecule has 0 bridgehead atoms. The summed E-state index contributed by atoms with van der Waals surface area (Å²) in [5.74, 6) is 0.0974. The van der Waals surface area contributed by atoms with Gasteiger partial charge in [-0.1, -0.05) is 6.07 Å². The number of nitrogens with zero attached hydrogens (tertiary/aromatic N) is 5. The highest BCUT2D eigenvalue weighted by atomic mass is 32.1. The number of hydrazine groups is 1. The van der Waals surface area contributed by atoms with Crippen LogP contribution in [0.2, 0.25) is 0 Å². The molecule has 5 aromatic rings. The summed E-state index contributed by atoms with van der Waals surface area (Å²) in [6.45, 7) is 0.698. The Balaban J connectivity index is 1.46. The highest BCUT2D eigenvalue weighted by Gasteiger charge is 2.25. The molecule has 0 radical (unpaired) electrons. The summed E-state index contributed by atoms with van der Waals surface area (Å²) in [7, 11) is 3.96. The largest absolute Gasteiger partial charge is 0.337 e. The monoisotopic (exact) mass is 484 g/mol. The third-order valence-electron chi connectivity index (χ3n) is 5.72. The lowest BCUT2D eigenvalue weighted by Gasteiger charge is -2.21. The van der Waals surface area contributed by atoms with Crippen LogP contribution in [0.5, 0.6) is 0 Å². The molecule has 0 aliphatic carbocycles. The van der Waals surface area contributed by atoms with Gasteiger partial charge in [0, 0.05) is 52.9 Å². The van der Waals surface area contributed by atoms with Crippen LogP contribution in [-0.4, -0.2) is 43.9 Å². The Morgan fingerprint density at radius 2 is 1.97 bits per heavy atom. The zero-order chi connectivity index (χ0) is 23.9. The second kappa shape index (κ2) is 8.57. The molecule has 0 spiro atoms. The molecule has 0 fully saturated rings. The topological polar surface area (TPSA) is 94.7 Å². The fraction of sp³-hybridized carbons (Fsp3) is 0.120. The maximum Gasteiger partial charge on any atom is 0.159 e. The van der Waals surface area contributed by atoms with Gasteiger partial charge in [-0.2, -0.15) is 0 Å². The molecule has 6 heterocycles. The first-order chi connectivity index (χ1) is 17.1. The van der Waals surface area contributed by atoms with Crippen molar-refractivity contribution in [2.75, 3.05) is 19.5 Å². The van der Waals surface area contributed by atoms with Crippen molar-refractivity contribution in [1.29, 1.82) is 0 Å². The summed E-state index contributed by atoms with van der Waals surface area (Å²) < 4.78 is 16.1. The van der Waals surface area contributed by atoms with E-state index in [2.05, 4.69) is 30.8 Å². The number of anilines is 1. The molecule has 35 heavy (non-hydrogen) atoms. The predicted molar refractivity (Wildman–Crippen MR) is 136 cm³/mol. The van der Waals surface area contributed by atoms with Crippen LogP contribution in [0.1, 0.15) is 17.0 Å². The number of rotatable bonds is 5. The summed E-state index contributed by atoms with van der Waals surface area (Å²) in [4.78, 5) is 24.4. The van der Waals surface area contributed by atoms with Crippen molar-refractivity contribution < 1.29 is 4.39 Å². The lowest BCUT2D eigenvalue weighted by Crippen LogP contribution is -2.22. The molecule has 8 nitrogen and oxygen atoms in total. The molecule has 5 aromatic heterocycles. The summed E-state index contributed by atoms with van der Waals surface area (Å²) in [5, 5.41) is 2.02. The van der Waals surface area contributed by atoms with Crippen LogP contribution in [0, 0.1) is 5.82 Å². The van der Waals surface area contributed by atoms with Crippen LogP contribution in [0.3, 0.4) is 0 Å². The van der Waals surface area contributed by atoms with Gasteiger partial charge in [0.05, 0.1) is 29.2 Å². The Hall–Kier alpha value is -4.15. The van der Waals surface area contributed by atoms with Crippen LogP contribution in [0.25, 0.3) is 38.3 Å². The van der Waals surface area contributed by atoms with E-state index in [1.807, 2.05) is 42.6 Å². The molecule has 10 heteroatoms. The summed E-state index contributed by atoms with van der Waals surface area (Å²) in [6.07, 6.45) is 10.3. The van der Waals surface area contributed by atoms with E-state index in [0.29, 0.717) is 34.8 Å². The molecule has 0 aromatic carbocycles. The van der Waals surface area contributed by atoms with Crippen LogP contribution >= 0.6 is 11.3 Å². The van der Waals surface area contributed by atoms with E-state index in [-0.39, 0.29) is 5.69 Å². The van der Waals surface area contributed by atoms with Gasteiger partial charge in [-0.05, 0) is 37.2 Å². The van der Waals surface area contributed by atoms with Crippen molar-refractivity contribution in [2.24, 2.45) is 0 Å². The molecule has 0 atom stereocenters. The van der Waals surface area contributed by atoms with Gasteiger partial charge in [-0.15, -0.1) is 11.3 Å². The zero-order valence-electron chi connectivity index (χ0n) is 19.0. The van der Waals surface area contributed by atoms with Crippen LogP contribution in [0.15, 0.2) is 60.8 Å². The average Bonchev–Trinajstić information content (AvgIpc) is 3.54. The Morgan fingerprint density at radius 3 is 2.80 bits per heavy atom. The maximum atomic E-state index is 16.1. The van der Waals surface area contributed by atoms with E-state index in [4.69, 9.17) is 4.98 Å². The molecule has 174 valence electrons. The molecule has 0 amide bonds. The number of hydrogen-bond acceptors (Lipinski definition) is 8. The molecule has 1 aliphatic heterocycles. The normalized spacial score (nSPS) is 12.9. The number of hydrogen-bond donors (Lipinski definition) is 3. The number of pyridine rings is 3. The summed E-state index contributed by atoms with van der Waals surface area (Å²) >= 11 is 1.62. The fourth-order valence-electron chi connectivity index (χ4n) is 4.23. The van der Waals surface area contributed by atoms with Crippen molar-refractivity contribution >= 4 is 33.6 Å². The van der Waals surface area contributed by atoms with Gasteiger partial charge < -0.3 is 15.3 Å². The quantitative estimate of drug-likeness (QED) is 0.334. The van der Waals surface area contributed by atoms with Crippen molar-refractivity contribution in [3.63, 3.8) is 0 Å². The third-order valence-corrected chi connectivity index (χ3v) is 6.62. The predicted octanol–water partition coefficient (Wildman–Crippen LogP) is 4.66. The Morgan fingerprint density at radius 1 is 1.09 bits per heavy atom. The summed E-state index contributed by atoms with van der Waals surface area (Å²) in [5.41, 5.74) is 11.8. The number of thiophene rings is 1. The van der Waals surface area contributed by atoms with E-state index in [9.17, 15) is 0 Å². The van der Waals surface area contributed by atoms with Crippen LogP contribution in [0.4, 0.5) is 10.1 Å². The van der Waals surface area contributed by atoms with Crippen LogP contribution in [-0.2, 0) is 6.54 Å². The second-order valence-electron chi connectivity index (χ2n) is 8.50. The molecule has 6 rings (SSSR count). The molecule has 0 unspecified atom stereocenters. The van der Waals surface area contributed by atoms with Gasteiger partial charge >= 0.3 is 0 Å². The first kappa shape index (κ1) is 21.4. The van der Waals surface area contributed by atoms with Gasteiger partial charge in [0.2, 0.25) is 0 Å². The van der Waals surface area contributed by atoms with Crippen molar-refractivity contribution in [1.82, 2.24) is 35.2 Å². The number of fused-ring (bicyclic) bond motifs is 2. The number of nitrogens with one attached hydrogen (secondary N) is 3. The van der Waals surface area contributed by atoms with Gasteiger partial charge in [0.1, 0.15) is 17.0 Å². The minimum absolute atomic E-state index is 0.239. The highest BCUT2D eigenvalue weighted by Crippen LogP contribution is 2.37. The minimum atomic E-state index is -0.441. The summed E-state index contributed by atoms with van der Waals surface area (Å²) in [6, 6.07) is 5.95. The van der Waals surface area contributed by atoms with Gasteiger partial charge in [-0.3, -0.25) is 20.4 Å². The zero-order valence-corrected chi connectivity index (χ0v) is 19.8. The van der Waals surface area contributed by atoms with Crippen LogP contribution < -0.4 is 10.9 Å². The van der Waals surface area contributed by atoms with Gasteiger partial charge in [-0.25, -0.2) is 9.37 Å². The molecular weight excluding hydrogens is 463 g/mol. The maximum absolute atomic E-state index is 16.1. The Kier molecular flexibility index (Phi) is 5.24. The Labute approximate surface area is 204 Å². The first-order valence-corrected chi connectivity index (χ1v) is 11.8. The van der Waals surface area contributed by atoms with E-state index in [1.165, 1.54) is 0 Å². The highest BCUT2D eigenvalue weighted by molar-refractivity contribution is 7.13. The standard InChI is InChI=1S/C25H21FN8S/c1-34(2)13-14-6-15(8-27-7-14)23-22(26)21-17(10-30-33-18(21)12-29-23)25-31-19-11-28-9-16(24(19)32-25)20-4-3-5-35-20/h3-12,30,33H,13H2,1-2H3,(H,31,32). The second-order valence-corrected chi connectivity index (χ2v) is 9.45. The van der Waals surface area contributed by atoms with Crippen molar-refractivity contribution in [2.45, 2.75) is 6.54 Å². The molecule has 1 aliphatic rings. The van der Waals surface area contributed by atoms with Crippen molar-refractivity contribution in [3.8, 4) is 21.7 Å². The van der Waals surface area contributed by atoms with Gasteiger partial charge in [0.25, 0.3) is 0 Å². The van der Waals surface area contributed by atoms with E-state index < -0.39 is 5.82 Å². The first-order valence-electron chi connectivity index (χ1n) is 11.0. The number of halogens is 1. The van der Waals surface area contributed by atoms with Gasteiger partial charge in [0.15, 0.2) is 5.82 Å². The van der Waals surface area contributed by atoms with Crippen molar-refractivity contribution in [3.05, 3.63) is 83.5 Å². The average molecular weight is 485 g/mol. The van der Waals surface area contributed by atoms with E-state index >= 15 is 4.39 Å². The van der Waals surface area contributed by atoms with E-state index in [0.717, 1.165) is 27.0 Å². The molecule has 0 saturated heterocycles. The fourth-order valence-corrected chi connectivity index (χ4v) is 4.97. The Bertz CT molecular complexity index is 1570. The number of H-pyrrole nitrogens is 1. The third kappa shape index (κ3) is 3.82. The number of aromatic nitrogens is 5. The smallest absolute Gasteiger partial charge is 0.159 e. The lowest BCUT2D eigenvalue weighted by atomic mass is 10.00. The van der Waals surface area contributed by atoms with E-state index in [1.54, 1.807) is 48.5 Å². The minimum Gasteiger partial charge on any atom is -0.337 e. The molecule has 3 N–H and O–H groups in total. The lowest BCUT2D eigenvalue weighted by molar-refractivity contribution is 0.402. The molecule has 0 saturated carbocycles.